The van der Waals surface area contributed by atoms with Crippen LogP contribution >= 0.6 is 0 Å². The molecule has 9 heavy (non-hydrogen) atoms. The fourth-order valence-corrected chi connectivity index (χ4v) is 2.84. The summed E-state index contributed by atoms with van der Waals surface area (Å²) in [4.78, 5) is 0. The second kappa shape index (κ2) is 1.53. The van der Waals surface area contributed by atoms with Crippen LogP contribution in [0.2, 0.25) is 0 Å². The van der Waals surface area contributed by atoms with Crippen LogP contribution in [0.3, 0.4) is 0 Å². The molecule has 2 fully saturated rings. The fourth-order valence-electron chi connectivity index (χ4n) is 2.84. The van der Waals surface area contributed by atoms with Gasteiger partial charge >= 0.3 is 0 Å². The molecule has 2 rings (SSSR count). The summed E-state index contributed by atoms with van der Waals surface area (Å²) in [7, 11) is 0. The monoisotopic (exact) mass is 124 g/mol. The molecule has 0 aliphatic heterocycles. The molecule has 0 amide bonds. The maximum atomic E-state index is 2.48. The summed E-state index contributed by atoms with van der Waals surface area (Å²) in [6.07, 6.45) is 6.06. The van der Waals surface area contributed by atoms with Gasteiger partial charge < -0.3 is 0 Å². The summed E-state index contributed by atoms with van der Waals surface area (Å²) in [6, 6.07) is 0. The van der Waals surface area contributed by atoms with Crippen molar-refractivity contribution in [3.8, 4) is 0 Å². The number of hydrogen-bond donors (Lipinski definition) is 0. The molecule has 2 aliphatic rings. The van der Waals surface area contributed by atoms with E-state index in [0.717, 1.165) is 17.3 Å². The van der Waals surface area contributed by atoms with Crippen LogP contribution in [0, 0.1) is 17.3 Å². The maximum absolute atomic E-state index is 2.48. The molecule has 2 saturated carbocycles. The van der Waals surface area contributed by atoms with Crippen molar-refractivity contribution in [2.75, 3.05) is 0 Å². The number of fused-ring (bicyclic) bond motifs is 1. The Morgan fingerprint density at radius 2 is 1.89 bits per heavy atom. The molecule has 0 heterocycles. The average Bonchev–Trinajstić information content (AvgIpc) is 1.93. The average molecular weight is 124 g/mol. The molecule has 0 spiro atoms. The Bertz CT molecular complexity index is 128. The highest BCUT2D eigenvalue weighted by Crippen LogP contribution is 2.59. The van der Waals surface area contributed by atoms with Gasteiger partial charge in [0.25, 0.3) is 0 Å². The molecule has 0 saturated heterocycles. The summed E-state index contributed by atoms with van der Waals surface area (Å²) in [5, 5.41) is 0. The normalized spacial score (nSPS) is 56.7. The van der Waals surface area contributed by atoms with Gasteiger partial charge in [0.05, 0.1) is 0 Å². The van der Waals surface area contributed by atoms with E-state index in [9.17, 15) is 0 Å². The lowest BCUT2D eigenvalue weighted by atomic mass is 9.62. The summed E-state index contributed by atoms with van der Waals surface area (Å²) >= 11 is 0. The lowest BCUT2D eigenvalue weighted by Gasteiger charge is -2.43. The summed E-state index contributed by atoms with van der Waals surface area (Å²) in [5.41, 5.74) is 0.805. The second-order valence-corrected chi connectivity index (χ2v) is 4.32. The first-order valence-corrected chi connectivity index (χ1v) is 4.22. The van der Waals surface area contributed by atoms with Gasteiger partial charge in [0.15, 0.2) is 0 Å². The second-order valence-electron chi connectivity index (χ2n) is 4.32. The van der Waals surface area contributed by atoms with E-state index in [1.165, 1.54) is 25.7 Å². The SMILES string of the molecule is CC1CCC2(C)CCC12. The Labute approximate surface area is 57.6 Å². The maximum Gasteiger partial charge on any atom is -0.0295 e. The lowest BCUT2D eigenvalue weighted by Crippen LogP contribution is -2.34. The third kappa shape index (κ3) is 0.595. The molecule has 52 valence electrons. The van der Waals surface area contributed by atoms with E-state index < -0.39 is 0 Å². The zero-order chi connectivity index (χ0) is 6.48. The molecule has 0 bridgehead atoms. The van der Waals surface area contributed by atoms with Crippen LogP contribution in [0.5, 0.6) is 0 Å². The predicted octanol–water partition coefficient (Wildman–Crippen LogP) is 2.83. The van der Waals surface area contributed by atoms with Crippen LogP contribution in [0.1, 0.15) is 39.5 Å². The van der Waals surface area contributed by atoms with Gasteiger partial charge in [0.1, 0.15) is 0 Å². The van der Waals surface area contributed by atoms with Gasteiger partial charge in [0, 0.05) is 0 Å². The van der Waals surface area contributed by atoms with Gasteiger partial charge in [-0.25, -0.2) is 0 Å². The largest absolute Gasteiger partial charge is 0.0622 e. The van der Waals surface area contributed by atoms with Crippen LogP contribution in [0.15, 0.2) is 0 Å². The van der Waals surface area contributed by atoms with Crippen LogP contribution < -0.4 is 0 Å². The van der Waals surface area contributed by atoms with E-state index in [0.29, 0.717) is 0 Å². The molecule has 3 atom stereocenters. The van der Waals surface area contributed by atoms with Crippen molar-refractivity contribution in [3.05, 3.63) is 0 Å². The molecular formula is C9H16. The summed E-state index contributed by atoms with van der Waals surface area (Å²) in [6.45, 7) is 4.90. The van der Waals surface area contributed by atoms with Gasteiger partial charge in [0.2, 0.25) is 0 Å². The molecule has 0 heteroatoms. The van der Waals surface area contributed by atoms with E-state index in [4.69, 9.17) is 0 Å². The highest BCUT2D eigenvalue weighted by atomic mass is 14.5. The summed E-state index contributed by atoms with van der Waals surface area (Å²) in [5.74, 6) is 2.15. The van der Waals surface area contributed by atoms with Gasteiger partial charge in [-0.15, -0.1) is 0 Å². The van der Waals surface area contributed by atoms with Crippen LogP contribution in [-0.2, 0) is 0 Å². The minimum atomic E-state index is 0.805. The zero-order valence-corrected chi connectivity index (χ0v) is 6.48. The molecule has 0 aromatic heterocycles. The van der Waals surface area contributed by atoms with Crippen molar-refractivity contribution < 1.29 is 0 Å². The van der Waals surface area contributed by atoms with Crippen molar-refractivity contribution in [2.24, 2.45) is 17.3 Å². The number of rotatable bonds is 0. The van der Waals surface area contributed by atoms with E-state index in [-0.39, 0.29) is 0 Å². The first-order chi connectivity index (χ1) is 4.22. The molecule has 3 unspecified atom stereocenters. The molecule has 0 radical (unpaired) electrons. The Morgan fingerprint density at radius 3 is 2.11 bits per heavy atom. The Hall–Kier alpha value is 0. The molecule has 0 aromatic rings. The molecular weight excluding hydrogens is 108 g/mol. The van der Waals surface area contributed by atoms with E-state index >= 15 is 0 Å². The summed E-state index contributed by atoms with van der Waals surface area (Å²) < 4.78 is 0. The standard InChI is InChI=1S/C9H16/c1-7-3-5-9(2)6-4-8(7)9/h7-8H,3-6H2,1-2H3. The number of hydrogen-bond acceptors (Lipinski definition) is 0. The highest BCUT2D eigenvalue weighted by Gasteiger charge is 2.49. The van der Waals surface area contributed by atoms with Crippen molar-refractivity contribution >= 4 is 0 Å². The Balaban J connectivity index is 2.15. The van der Waals surface area contributed by atoms with E-state index in [1.807, 2.05) is 0 Å². The minimum Gasteiger partial charge on any atom is -0.0622 e. The third-order valence-electron chi connectivity index (χ3n) is 3.78. The van der Waals surface area contributed by atoms with E-state index in [2.05, 4.69) is 13.8 Å². The molecule has 0 nitrogen and oxygen atoms in total. The predicted molar refractivity (Wildman–Crippen MR) is 39.2 cm³/mol. The van der Waals surface area contributed by atoms with Crippen molar-refractivity contribution in [2.45, 2.75) is 39.5 Å². The molecule has 2 aliphatic carbocycles. The zero-order valence-electron chi connectivity index (χ0n) is 6.48. The van der Waals surface area contributed by atoms with Crippen LogP contribution in [0.4, 0.5) is 0 Å². The lowest BCUT2D eigenvalue weighted by molar-refractivity contribution is 0.0645. The minimum absolute atomic E-state index is 0.805. The smallest absolute Gasteiger partial charge is 0.0295 e. The topological polar surface area (TPSA) is 0 Å². The molecule has 0 aromatic carbocycles. The fraction of sp³-hybridized carbons (Fsp3) is 1.00. The highest BCUT2D eigenvalue weighted by molar-refractivity contribution is 4.99. The first-order valence-electron chi connectivity index (χ1n) is 4.22. The van der Waals surface area contributed by atoms with E-state index in [1.54, 1.807) is 0 Å². The Kier molecular flexibility index (Phi) is 0.980. The van der Waals surface area contributed by atoms with Crippen molar-refractivity contribution in [3.63, 3.8) is 0 Å². The van der Waals surface area contributed by atoms with Crippen LogP contribution in [-0.4, -0.2) is 0 Å². The Morgan fingerprint density at radius 1 is 1.22 bits per heavy atom. The van der Waals surface area contributed by atoms with Gasteiger partial charge in [-0.05, 0) is 42.9 Å². The van der Waals surface area contributed by atoms with Crippen molar-refractivity contribution in [1.29, 1.82) is 0 Å². The molecule has 0 N–H and O–H groups in total. The van der Waals surface area contributed by atoms with Gasteiger partial charge in [-0.3, -0.25) is 0 Å². The third-order valence-corrected chi connectivity index (χ3v) is 3.78. The van der Waals surface area contributed by atoms with Crippen molar-refractivity contribution in [1.82, 2.24) is 0 Å². The van der Waals surface area contributed by atoms with Crippen LogP contribution in [0.25, 0.3) is 0 Å². The quantitative estimate of drug-likeness (QED) is 0.466. The first kappa shape index (κ1) is 5.76. The van der Waals surface area contributed by atoms with Gasteiger partial charge in [-0.2, -0.15) is 0 Å². The van der Waals surface area contributed by atoms with Gasteiger partial charge in [-0.1, -0.05) is 13.8 Å².